The monoisotopic (exact) mass is 322 g/mol. The first-order valence-electron chi connectivity index (χ1n) is 3.72. The summed E-state index contributed by atoms with van der Waals surface area (Å²) in [5.41, 5.74) is 0. The van der Waals surface area contributed by atoms with Gasteiger partial charge in [-0.2, -0.15) is 0 Å². The van der Waals surface area contributed by atoms with Crippen molar-refractivity contribution in [3.05, 3.63) is 28.2 Å². The van der Waals surface area contributed by atoms with Crippen molar-refractivity contribution >= 4 is 64.2 Å². The van der Waals surface area contributed by atoms with E-state index in [-0.39, 0.29) is 15.8 Å². The highest BCUT2D eigenvalue weighted by atomic mass is 35.5. The van der Waals surface area contributed by atoms with E-state index in [1.54, 1.807) is 6.07 Å². The van der Waals surface area contributed by atoms with Crippen molar-refractivity contribution in [2.75, 3.05) is 0 Å². The normalized spacial score (nSPS) is 11.1. The molecule has 8 heteroatoms. The third kappa shape index (κ3) is 3.22. The Morgan fingerprint density at radius 3 is 2.44 bits per heavy atom. The minimum atomic E-state index is -2.30. The van der Waals surface area contributed by atoms with E-state index < -0.39 is 10.5 Å². The van der Waals surface area contributed by atoms with Gasteiger partial charge >= 0.3 is 10.5 Å². The molecule has 0 aliphatic rings. The first-order valence-corrected chi connectivity index (χ1v) is 5.54. The molecule has 0 amide bonds. The van der Waals surface area contributed by atoms with E-state index in [1.165, 1.54) is 12.1 Å². The summed E-state index contributed by atoms with van der Waals surface area (Å²) in [6.07, 6.45) is 0. The minimum Gasteiger partial charge on any atom is -0.447 e. The van der Waals surface area contributed by atoms with Crippen LogP contribution >= 0.6 is 58.3 Å². The maximum absolute atomic E-state index is 11.0. The molecule has 0 radical (unpaired) electrons. The number of alkyl halides is 2. The molecule has 0 aromatic heterocycles. The lowest BCUT2D eigenvalue weighted by Crippen LogP contribution is -2.33. The molecule has 1 aromatic rings. The predicted octanol–water partition coefficient (Wildman–Crippen LogP) is 4.20. The van der Waals surface area contributed by atoms with Gasteiger partial charge in [-0.15, -0.1) is 0 Å². The van der Waals surface area contributed by atoms with E-state index in [0.29, 0.717) is 0 Å². The molecule has 0 fully saturated rings. The number of benzene rings is 1. The largest absolute Gasteiger partial charge is 0.447 e. The van der Waals surface area contributed by atoms with Crippen LogP contribution in [0, 0.1) is 0 Å². The molecular formula is C8H3Cl5O3. The SMILES string of the molecule is O=C(OCl)C(Cl)(Cl)Oc1cccc(Cl)c1Cl. The molecule has 0 saturated carbocycles. The number of carbonyl (C=O) groups is 1. The average Bonchev–Trinajstić information content (AvgIpc) is 2.23. The number of carbonyl (C=O) groups excluding carboxylic acids is 1. The predicted molar refractivity (Wildman–Crippen MR) is 63.5 cm³/mol. The highest BCUT2D eigenvalue weighted by Crippen LogP contribution is 2.36. The molecule has 16 heavy (non-hydrogen) atoms. The van der Waals surface area contributed by atoms with Crippen LogP contribution in [-0.4, -0.2) is 10.5 Å². The second-order valence-electron chi connectivity index (χ2n) is 2.54. The van der Waals surface area contributed by atoms with Gasteiger partial charge in [0.25, 0.3) is 0 Å². The van der Waals surface area contributed by atoms with Crippen molar-refractivity contribution in [2.45, 2.75) is 4.52 Å². The number of ether oxygens (including phenoxy) is 1. The first kappa shape index (κ1) is 14.0. The van der Waals surface area contributed by atoms with Crippen LogP contribution in [0.5, 0.6) is 5.75 Å². The fourth-order valence-corrected chi connectivity index (χ4v) is 1.55. The van der Waals surface area contributed by atoms with Crippen molar-refractivity contribution in [3.63, 3.8) is 0 Å². The third-order valence-corrected chi connectivity index (χ3v) is 2.87. The Hall–Kier alpha value is -0.0600. The van der Waals surface area contributed by atoms with E-state index >= 15 is 0 Å². The zero-order valence-electron chi connectivity index (χ0n) is 7.35. The van der Waals surface area contributed by atoms with Gasteiger partial charge in [0.15, 0.2) is 0 Å². The summed E-state index contributed by atoms with van der Waals surface area (Å²) in [5.74, 6) is -1.16. The summed E-state index contributed by atoms with van der Waals surface area (Å²) >= 11 is 27.4. The Morgan fingerprint density at radius 1 is 1.25 bits per heavy atom. The quantitative estimate of drug-likeness (QED) is 0.782. The van der Waals surface area contributed by atoms with Crippen LogP contribution in [0.4, 0.5) is 0 Å². The Labute approximate surface area is 116 Å². The Morgan fingerprint density at radius 2 is 1.88 bits per heavy atom. The Balaban J connectivity index is 2.96. The highest BCUT2D eigenvalue weighted by Gasteiger charge is 2.39. The summed E-state index contributed by atoms with van der Waals surface area (Å²) in [4.78, 5) is 11.0. The van der Waals surface area contributed by atoms with Gasteiger partial charge in [-0.1, -0.05) is 29.3 Å². The Kier molecular flexibility index (Phi) is 4.83. The van der Waals surface area contributed by atoms with Crippen LogP contribution in [0.3, 0.4) is 0 Å². The van der Waals surface area contributed by atoms with E-state index in [0.717, 1.165) is 0 Å². The molecule has 0 saturated heterocycles. The van der Waals surface area contributed by atoms with E-state index in [9.17, 15) is 4.79 Å². The molecule has 88 valence electrons. The van der Waals surface area contributed by atoms with Crippen molar-refractivity contribution in [1.82, 2.24) is 0 Å². The van der Waals surface area contributed by atoms with E-state index in [2.05, 4.69) is 4.29 Å². The average molecular weight is 324 g/mol. The number of hydrogen-bond donors (Lipinski definition) is 0. The van der Waals surface area contributed by atoms with Gasteiger partial charge in [0, 0.05) is 0 Å². The fraction of sp³-hybridized carbons (Fsp3) is 0.125. The van der Waals surface area contributed by atoms with E-state index in [1.807, 2.05) is 0 Å². The smallest absolute Gasteiger partial charge is 0.401 e. The molecule has 1 aromatic carbocycles. The minimum absolute atomic E-state index is 0.0289. The molecular weight excluding hydrogens is 321 g/mol. The maximum atomic E-state index is 11.0. The molecule has 0 atom stereocenters. The molecule has 0 bridgehead atoms. The number of halogens is 5. The summed E-state index contributed by atoms with van der Waals surface area (Å²) in [6, 6.07) is 4.50. The van der Waals surface area contributed by atoms with Crippen LogP contribution in [0.25, 0.3) is 0 Å². The van der Waals surface area contributed by atoms with Crippen molar-refractivity contribution in [3.8, 4) is 5.75 Å². The van der Waals surface area contributed by atoms with Crippen LogP contribution in [0.15, 0.2) is 18.2 Å². The first-order chi connectivity index (χ1) is 7.38. The van der Waals surface area contributed by atoms with Gasteiger partial charge in [0.05, 0.1) is 5.02 Å². The van der Waals surface area contributed by atoms with Gasteiger partial charge in [-0.3, -0.25) is 0 Å². The molecule has 1 rings (SSSR count). The van der Waals surface area contributed by atoms with Crippen molar-refractivity contribution < 1.29 is 13.8 Å². The lowest BCUT2D eigenvalue weighted by molar-refractivity contribution is -0.140. The molecule has 0 aliphatic heterocycles. The fourth-order valence-electron chi connectivity index (χ4n) is 0.788. The Bertz CT molecular complexity index is 407. The number of hydrogen-bond acceptors (Lipinski definition) is 3. The molecule has 0 aliphatic carbocycles. The van der Waals surface area contributed by atoms with Crippen molar-refractivity contribution in [2.24, 2.45) is 0 Å². The zero-order valence-corrected chi connectivity index (χ0v) is 11.1. The summed E-state index contributed by atoms with van der Waals surface area (Å²) in [6.45, 7) is 0. The van der Waals surface area contributed by atoms with Gasteiger partial charge in [0.2, 0.25) is 0 Å². The van der Waals surface area contributed by atoms with E-state index in [4.69, 9.17) is 63.0 Å². The van der Waals surface area contributed by atoms with Crippen LogP contribution in [-0.2, 0) is 9.08 Å². The molecule has 0 heterocycles. The third-order valence-electron chi connectivity index (χ3n) is 1.46. The number of rotatable bonds is 3. The molecule has 0 N–H and O–H groups in total. The van der Waals surface area contributed by atoms with Crippen LogP contribution < -0.4 is 4.74 Å². The van der Waals surface area contributed by atoms with Crippen LogP contribution in [0.2, 0.25) is 10.0 Å². The van der Waals surface area contributed by atoms with Gasteiger partial charge in [-0.25, -0.2) is 4.79 Å². The summed E-state index contributed by atoms with van der Waals surface area (Å²) in [7, 11) is 0. The highest BCUT2D eigenvalue weighted by molar-refractivity contribution is 6.57. The standard InChI is InChI=1S/C8H3Cl5O3/c9-4-2-1-3-5(6(4)10)15-8(11,12)7(14)16-13/h1-3H. The lowest BCUT2D eigenvalue weighted by atomic mass is 10.3. The maximum Gasteiger partial charge on any atom is 0.401 e. The topological polar surface area (TPSA) is 35.5 Å². The molecule has 3 nitrogen and oxygen atoms in total. The summed E-state index contributed by atoms with van der Waals surface area (Å²) in [5, 5.41) is 0.291. The van der Waals surface area contributed by atoms with Crippen LogP contribution in [0.1, 0.15) is 0 Å². The second kappa shape index (κ2) is 5.52. The van der Waals surface area contributed by atoms with Gasteiger partial charge in [0.1, 0.15) is 22.6 Å². The van der Waals surface area contributed by atoms with Gasteiger partial charge < -0.3 is 9.03 Å². The summed E-state index contributed by atoms with van der Waals surface area (Å²) < 4.78 is 6.45. The van der Waals surface area contributed by atoms with Crippen molar-refractivity contribution in [1.29, 1.82) is 0 Å². The molecule has 0 spiro atoms. The zero-order chi connectivity index (χ0) is 12.3. The van der Waals surface area contributed by atoms with Gasteiger partial charge in [-0.05, 0) is 35.3 Å². The second-order valence-corrected chi connectivity index (χ2v) is 4.73. The lowest BCUT2D eigenvalue weighted by Gasteiger charge is -2.18. The molecule has 0 unspecified atom stereocenters.